The highest BCUT2D eigenvalue weighted by Crippen LogP contribution is 2.12. The zero-order valence-corrected chi connectivity index (χ0v) is 15.3. The summed E-state index contributed by atoms with van der Waals surface area (Å²) in [5.74, 6) is -0.229. The molecular weight excluding hydrogens is 351 g/mol. The van der Waals surface area contributed by atoms with E-state index in [0.717, 1.165) is 12.0 Å². The fraction of sp³-hybridized carbons (Fsp3) is 0.316. The predicted octanol–water partition coefficient (Wildman–Crippen LogP) is 2.84. The van der Waals surface area contributed by atoms with Crippen molar-refractivity contribution in [2.75, 3.05) is 12.4 Å². The minimum absolute atomic E-state index is 0.231. The molecule has 0 fully saturated rings. The van der Waals surface area contributed by atoms with Gasteiger partial charge in [-0.05, 0) is 30.2 Å². The Bertz CT molecular complexity index is 751. The van der Waals surface area contributed by atoms with E-state index >= 15 is 0 Å². The van der Waals surface area contributed by atoms with Crippen LogP contribution in [-0.4, -0.2) is 30.1 Å². The monoisotopic (exact) mass is 374 g/mol. The maximum Gasteiger partial charge on any atom is 0.315 e. The van der Waals surface area contributed by atoms with E-state index in [1.807, 2.05) is 6.92 Å². The Morgan fingerprint density at radius 1 is 1.19 bits per heavy atom. The van der Waals surface area contributed by atoms with Gasteiger partial charge in [-0.3, -0.25) is 4.79 Å². The first kappa shape index (κ1) is 20.2. The lowest BCUT2D eigenvalue weighted by atomic mass is 10.1. The van der Waals surface area contributed by atoms with Crippen molar-refractivity contribution >= 4 is 17.6 Å². The maximum atomic E-state index is 12.9. The first-order valence-corrected chi connectivity index (χ1v) is 8.61. The van der Waals surface area contributed by atoms with Gasteiger partial charge in [0, 0.05) is 12.6 Å². The third-order valence-electron chi connectivity index (χ3n) is 3.78. The van der Waals surface area contributed by atoms with Gasteiger partial charge in [-0.2, -0.15) is 0 Å². The molecule has 3 amide bonds. The number of anilines is 1. The molecule has 144 valence electrons. The molecule has 2 rings (SSSR count). The van der Waals surface area contributed by atoms with Crippen LogP contribution in [0.25, 0.3) is 0 Å². The molecule has 1 heterocycles. The fourth-order valence-electron chi connectivity index (χ4n) is 2.36. The van der Waals surface area contributed by atoms with Gasteiger partial charge in [-0.1, -0.05) is 25.5 Å². The van der Waals surface area contributed by atoms with Gasteiger partial charge in [-0.25, -0.2) is 14.2 Å². The topological polar surface area (TPSA) is 92.4 Å². The lowest BCUT2D eigenvalue weighted by Gasteiger charge is -2.18. The van der Waals surface area contributed by atoms with E-state index in [2.05, 4.69) is 20.9 Å². The Morgan fingerprint density at radius 2 is 1.93 bits per heavy atom. The molecule has 0 unspecified atom stereocenters. The first-order chi connectivity index (χ1) is 13.0. The highest BCUT2D eigenvalue weighted by molar-refractivity contribution is 5.96. The number of ether oxygens (including phenoxy) is 1. The van der Waals surface area contributed by atoms with Crippen LogP contribution in [0.2, 0.25) is 0 Å². The van der Waals surface area contributed by atoms with Crippen LogP contribution in [0.4, 0.5) is 14.9 Å². The summed E-state index contributed by atoms with van der Waals surface area (Å²) in [6, 6.07) is 7.96. The van der Waals surface area contributed by atoms with Gasteiger partial charge in [0.05, 0.1) is 19.0 Å². The van der Waals surface area contributed by atoms with Crippen molar-refractivity contribution < 1.29 is 18.7 Å². The van der Waals surface area contributed by atoms with Crippen molar-refractivity contribution in [2.24, 2.45) is 0 Å². The van der Waals surface area contributed by atoms with E-state index in [1.54, 1.807) is 24.3 Å². The van der Waals surface area contributed by atoms with Gasteiger partial charge in [0.2, 0.25) is 11.8 Å². The van der Waals surface area contributed by atoms with Crippen molar-refractivity contribution in [3.05, 3.63) is 54.0 Å². The number of aromatic nitrogens is 1. The second-order valence-corrected chi connectivity index (χ2v) is 5.87. The molecular formula is C19H23FN4O3. The van der Waals surface area contributed by atoms with Gasteiger partial charge in [0.15, 0.2) is 0 Å². The third-order valence-corrected chi connectivity index (χ3v) is 3.78. The summed E-state index contributed by atoms with van der Waals surface area (Å²) >= 11 is 0. The van der Waals surface area contributed by atoms with E-state index in [1.165, 1.54) is 25.4 Å². The summed E-state index contributed by atoms with van der Waals surface area (Å²) in [5.41, 5.74) is 1.27. The van der Waals surface area contributed by atoms with Gasteiger partial charge < -0.3 is 20.7 Å². The van der Waals surface area contributed by atoms with Crippen molar-refractivity contribution in [3.8, 4) is 5.88 Å². The zero-order chi connectivity index (χ0) is 19.6. The molecule has 1 atom stereocenters. The van der Waals surface area contributed by atoms with Crippen LogP contribution >= 0.6 is 0 Å². The number of halogens is 1. The molecule has 7 nitrogen and oxygen atoms in total. The van der Waals surface area contributed by atoms with Crippen molar-refractivity contribution in [2.45, 2.75) is 32.4 Å². The molecule has 0 aliphatic carbocycles. The first-order valence-electron chi connectivity index (χ1n) is 8.61. The zero-order valence-electron chi connectivity index (χ0n) is 15.3. The molecule has 0 spiro atoms. The minimum atomic E-state index is -0.690. The number of urea groups is 1. The van der Waals surface area contributed by atoms with Crippen LogP contribution in [-0.2, 0) is 11.3 Å². The van der Waals surface area contributed by atoms with Crippen LogP contribution in [0, 0.1) is 5.82 Å². The molecule has 27 heavy (non-hydrogen) atoms. The van der Waals surface area contributed by atoms with Crippen LogP contribution in [0.3, 0.4) is 0 Å². The molecule has 0 bridgehead atoms. The highest BCUT2D eigenvalue weighted by Gasteiger charge is 2.20. The molecule has 1 aromatic carbocycles. The highest BCUT2D eigenvalue weighted by atomic mass is 19.1. The van der Waals surface area contributed by atoms with Gasteiger partial charge >= 0.3 is 6.03 Å². The normalized spacial score (nSPS) is 11.4. The lowest BCUT2D eigenvalue weighted by molar-refractivity contribution is -0.118. The number of nitrogens with zero attached hydrogens (tertiary/aromatic N) is 1. The van der Waals surface area contributed by atoms with Crippen molar-refractivity contribution in [3.63, 3.8) is 0 Å². The Kier molecular flexibility index (Phi) is 7.54. The van der Waals surface area contributed by atoms with Crippen LogP contribution in [0.5, 0.6) is 5.88 Å². The van der Waals surface area contributed by atoms with E-state index in [0.29, 0.717) is 18.0 Å². The van der Waals surface area contributed by atoms with E-state index < -0.39 is 12.1 Å². The number of hydrogen-bond acceptors (Lipinski definition) is 4. The second kappa shape index (κ2) is 10.1. The SMILES string of the molecule is CCC[C@H](NC(=O)NCc1ccc(F)cc1)C(=O)Nc1ccc(OC)nc1. The maximum absolute atomic E-state index is 12.9. The Balaban J connectivity index is 1.89. The number of rotatable bonds is 8. The Labute approximate surface area is 157 Å². The quantitative estimate of drug-likeness (QED) is 0.662. The molecule has 1 aromatic heterocycles. The molecule has 2 aromatic rings. The number of benzene rings is 1. The molecule has 0 radical (unpaired) electrons. The summed E-state index contributed by atoms with van der Waals surface area (Å²) in [4.78, 5) is 28.6. The summed E-state index contributed by atoms with van der Waals surface area (Å²) in [6.07, 6.45) is 2.69. The second-order valence-electron chi connectivity index (χ2n) is 5.87. The number of amides is 3. The molecule has 0 aliphatic heterocycles. The summed E-state index contributed by atoms with van der Waals surface area (Å²) in [7, 11) is 1.51. The van der Waals surface area contributed by atoms with Crippen LogP contribution in [0.15, 0.2) is 42.6 Å². The average Bonchev–Trinajstić information content (AvgIpc) is 2.68. The molecule has 0 aliphatic rings. The predicted molar refractivity (Wildman–Crippen MR) is 99.9 cm³/mol. The fourth-order valence-corrected chi connectivity index (χ4v) is 2.36. The number of hydrogen-bond donors (Lipinski definition) is 3. The van der Waals surface area contributed by atoms with Crippen LogP contribution in [0.1, 0.15) is 25.3 Å². The molecule has 0 saturated heterocycles. The van der Waals surface area contributed by atoms with E-state index in [9.17, 15) is 14.0 Å². The smallest absolute Gasteiger partial charge is 0.315 e. The lowest BCUT2D eigenvalue weighted by Crippen LogP contribution is -2.47. The van der Waals surface area contributed by atoms with Gasteiger partial charge in [0.25, 0.3) is 0 Å². The number of methoxy groups -OCH3 is 1. The summed E-state index contributed by atoms with van der Waals surface area (Å²) < 4.78 is 17.9. The number of carbonyl (C=O) groups is 2. The Hall–Kier alpha value is -3.16. The third kappa shape index (κ3) is 6.58. The standard InChI is InChI=1S/C19H23FN4O3/c1-3-4-16(18(25)23-15-9-10-17(27-2)21-12-15)24-19(26)22-11-13-5-7-14(20)8-6-13/h5-10,12,16H,3-4,11H2,1-2H3,(H,23,25)(H2,22,24,26)/t16-/m0/s1. The van der Waals surface area contributed by atoms with Gasteiger partial charge in [-0.15, -0.1) is 0 Å². The molecule has 8 heteroatoms. The largest absolute Gasteiger partial charge is 0.481 e. The van der Waals surface area contributed by atoms with Gasteiger partial charge in [0.1, 0.15) is 11.9 Å². The minimum Gasteiger partial charge on any atom is -0.481 e. The number of nitrogens with one attached hydrogen (secondary N) is 3. The van der Waals surface area contributed by atoms with Crippen LogP contribution < -0.4 is 20.7 Å². The van der Waals surface area contributed by atoms with E-state index in [-0.39, 0.29) is 18.3 Å². The summed E-state index contributed by atoms with van der Waals surface area (Å²) in [5, 5.41) is 8.04. The number of carbonyl (C=O) groups excluding carboxylic acids is 2. The molecule has 3 N–H and O–H groups in total. The summed E-state index contributed by atoms with van der Waals surface area (Å²) in [6.45, 7) is 2.16. The van der Waals surface area contributed by atoms with Crippen molar-refractivity contribution in [1.29, 1.82) is 0 Å². The van der Waals surface area contributed by atoms with Crippen molar-refractivity contribution in [1.82, 2.24) is 15.6 Å². The Morgan fingerprint density at radius 3 is 2.52 bits per heavy atom. The number of pyridine rings is 1. The van der Waals surface area contributed by atoms with E-state index in [4.69, 9.17) is 4.74 Å². The average molecular weight is 374 g/mol. The molecule has 0 saturated carbocycles.